The lowest BCUT2D eigenvalue weighted by Gasteiger charge is -2.28. The second kappa shape index (κ2) is 7.62. The van der Waals surface area contributed by atoms with Gasteiger partial charge in [0, 0.05) is 12.0 Å². The molecule has 2 rings (SSSR count). The molecular formula is C17H27NO3. The SMILES string of the molecule is CCCCC1CCC(C(=O)NC2C=CC(C(=O)O)C2)CC1. The number of rotatable bonds is 6. The molecule has 1 saturated carbocycles. The van der Waals surface area contributed by atoms with E-state index in [2.05, 4.69) is 12.2 Å². The Morgan fingerprint density at radius 1 is 1.19 bits per heavy atom. The summed E-state index contributed by atoms with van der Waals surface area (Å²) in [5.74, 6) is -0.207. The van der Waals surface area contributed by atoms with Gasteiger partial charge in [0.2, 0.25) is 5.91 Å². The lowest BCUT2D eigenvalue weighted by atomic mass is 9.79. The molecule has 0 aromatic heterocycles. The average Bonchev–Trinajstić information content (AvgIpc) is 2.94. The highest BCUT2D eigenvalue weighted by Crippen LogP contribution is 2.32. The molecule has 0 spiro atoms. The predicted molar refractivity (Wildman–Crippen MR) is 81.8 cm³/mol. The lowest BCUT2D eigenvalue weighted by Crippen LogP contribution is -2.39. The maximum atomic E-state index is 12.3. The molecule has 0 saturated heterocycles. The van der Waals surface area contributed by atoms with Crippen LogP contribution in [0.5, 0.6) is 0 Å². The van der Waals surface area contributed by atoms with Gasteiger partial charge < -0.3 is 10.4 Å². The molecule has 0 heterocycles. The van der Waals surface area contributed by atoms with E-state index in [0.29, 0.717) is 6.42 Å². The number of unbranched alkanes of at least 4 members (excludes halogenated alkanes) is 1. The highest BCUT2D eigenvalue weighted by Gasteiger charge is 2.30. The van der Waals surface area contributed by atoms with Gasteiger partial charge in [0.1, 0.15) is 0 Å². The zero-order valence-corrected chi connectivity index (χ0v) is 12.9. The largest absolute Gasteiger partial charge is 0.481 e. The van der Waals surface area contributed by atoms with Crippen molar-refractivity contribution in [3.05, 3.63) is 12.2 Å². The fourth-order valence-corrected chi connectivity index (χ4v) is 3.50. The first-order valence-electron chi connectivity index (χ1n) is 8.31. The highest BCUT2D eigenvalue weighted by atomic mass is 16.4. The minimum Gasteiger partial charge on any atom is -0.481 e. The molecule has 4 heteroatoms. The third-order valence-electron chi connectivity index (χ3n) is 4.91. The van der Waals surface area contributed by atoms with Crippen molar-refractivity contribution in [2.45, 2.75) is 64.3 Å². The van der Waals surface area contributed by atoms with E-state index in [1.54, 1.807) is 6.08 Å². The van der Waals surface area contributed by atoms with Crippen LogP contribution in [0.25, 0.3) is 0 Å². The van der Waals surface area contributed by atoms with E-state index in [1.807, 2.05) is 6.08 Å². The molecule has 2 unspecified atom stereocenters. The number of nitrogens with one attached hydrogen (secondary N) is 1. The van der Waals surface area contributed by atoms with Crippen LogP contribution in [0.15, 0.2) is 12.2 Å². The normalized spacial score (nSPS) is 32.0. The Balaban J connectivity index is 1.71. The fraction of sp³-hybridized carbons (Fsp3) is 0.765. The fourth-order valence-electron chi connectivity index (χ4n) is 3.50. The zero-order chi connectivity index (χ0) is 15.2. The van der Waals surface area contributed by atoms with Gasteiger partial charge in [0.15, 0.2) is 0 Å². The third kappa shape index (κ3) is 4.58. The van der Waals surface area contributed by atoms with Gasteiger partial charge >= 0.3 is 5.97 Å². The summed E-state index contributed by atoms with van der Waals surface area (Å²) in [4.78, 5) is 23.2. The minimum absolute atomic E-state index is 0.101. The van der Waals surface area contributed by atoms with E-state index < -0.39 is 11.9 Å². The van der Waals surface area contributed by atoms with Gasteiger partial charge in [-0.1, -0.05) is 38.3 Å². The quantitative estimate of drug-likeness (QED) is 0.739. The summed E-state index contributed by atoms with van der Waals surface area (Å²) in [6.07, 6.45) is 12.1. The smallest absolute Gasteiger partial charge is 0.310 e. The number of carbonyl (C=O) groups is 2. The van der Waals surface area contributed by atoms with Gasteiger partial charge in [-0.25, -0.2) is 0 Å². The molecule has 0 aromatic carbocycles. The molecule has 118 valence electrons. The predicted octanol–water partition coefficient (Wildman–Crippen LogP) is 3.13. The van der Waals surface area contributed by atoms with E-state index in [4.69, 9.17) is 5.11 Å². The number of carboxylic acids is 1. The summed E-state index contributed by atoms with van der Waals surface area (Å²) >= 11 is 0. The molecule has 4 nitrogen and oxygen atoms in total. The van der Waals surface area contributed by atoms with E-state index in [-0.39, 0.29) is 17.9 Å². The van der Waals surface area contributed by atoms with Crippen molar-refractivity contribution in [1.29, 1.82) is 0 Å². The average molecular weight is 293 g/mol. The second-order valence-electron chi connectivity index (χ2n) is 6.54. The van der Waals surface area contributed by atoms with Gasteiger partial charge in [0.25, 0.3) is 0 Å². The van der Waals surface area contributed by atoms with Crippen LogP contribution >= 0.6 is 0 Å². The monoisotopic (exact) mass is 293 g/mol. The summed E-state index contributed by atoms with van der Waals surface area (Å²) in [6, 6.07) is -0.101. The van der Waals surface area contributed by atoms with E-state index in [9.17, 15) is 9.59 Å². The Morgan fingerprint density at radius 2 is 1.90 bits per heavy atom. The lowest BCUT2D eigenvalue weighted by molar-refractivity contribution is -0.140. The Hall–Kier alpha value is -1.32. The molecule has 0 aromatic rings. The Morgan fingerprint density at radius 3 is 2.48 bits per heavy atom. The van der Waals surface area contributed by atoms with Crippen molar-refractivity contribution in [2.24, 2.45) is 17.8 Å². The van der Waals surface area contributed by atoms with Gasteiger partial charge in [-0.15, -0.1) is 0 Å². The molecule has 21 heavy (non-hydrogen) atoms. The van der Waals surface area contributed by atoms with Crippen molar-refractivity contribution >= 4 is 11.9 Å². The molecule has 1 fully saturated rings. The van der Waals surface area contributed by atoms with Crippen LogP contribution in [0.1, 0.15) is 58.3 Å². The van der Waals surface area contributed by atoms with Gasteiger partial charge in [-0.05, 0) is 38.0 Å². The topological polar surface area (TPSA) is 66.4 Å². The zero-order valence-electron chi connectivity index (χ0n) is 12.9. The standard InChI is InChI=1S/C17H27NO3/c1-2-3-4-12-5-7-13(8-6-12)16(19)18-15-10-9-14(11-15)17(20)21/h9-10,12-15H,2-8,11H2,1H3,(H,18,19)(H,20,21). The Labute approximate surface area is 127 Å². The van der Waals surface area contributed by atoms with E-state index in [0.717, 1.165) is 31.6 Å². The molecule has 1 amide bonds. The van der Waals surface area contributed by atoms with Crippen LogP contribution in [0.2, 0.25) is 0 Å². The number of hydrogen-bond acceptors (Lipinski definition) is 2. The molecule has 0 aliphatic heterocycles. The van der Waals surface area contributed by atoms with Crippen LogP contribution in [-0.2, 0) is 9.59 Å². The molecule has 2 N–H and O–H groups in total. The van der Waals surface area contributed by atoms with Gasteiger partial charge in [-0.3, -0.25) is 9.59 Å². The van der Waals surface area contributed by atoms with Crippen LogP contribution in [-0.4, -0.2) is 23.0 Å². The van der Waals surface area contributed by atoms with Crippen LogP contribution < -0.4 is 5.32 Å². The van der Waals surface area contributed by atoms with Crippen molar-refractivity contribution in [2.75, 3.05) is 0 Å². The molecule has 0 radical (unpaired) electrons. The van der Waals surface area contributed by atoms with Crippen molar-refractivity contribution in [3.63, 3.8) is 0 Å². The summed E-state index contributed by atoms with van der Waals surface area (Å²) in [7, 11) is 0. The number of carbonyl (C=O) groups excluding carboxylic acids is 1. The first-order valence-corrected chi connectivity index (χ1v) is 8.31. The highest BCUT2D eigenvalue weighted by molar-refractivity contribution is 5.80. The second-order valence-corrected chi connectivity index (χ2v) is 6.54. The van der Waals surface area contributed by atoms with Crippen LogP contribution in [0.4, 0.5) is 0 Å². The van der Waals surface area contributed by atoms with Crippen molar-refractivity contribution in [1.82, 2.24) is 5.32 Å². The maximum absolute atomic E-state index is 12.3. The molecule has 2 aliphatic carbocycles. The minimum atomic E-state index is -0.806. The molecular weight excluding hydrogens is 266 g/mol. The van der Waals surface area contributed by atoms with Gasteiger partial charge in [0.05, 0.1) is 5.92 Å². The first-order chi connectivity index (χ1) is 10.1. The molecule has 0 bridgehead atoms. The Kier molecular flexibility index (Phi) is 5.83. The number of carboxylic acid groups (broad SMARTS) is 1. The third-order valence-corrected chi connectivity index (χ3v) is 4.91. The number of hydrogen-bond donors (Lipinski definition) is 2. The van der Waals surface area contributed by atoms with Gasteiger partial charge in [-0.2, -0.15) is 0 Å². The first kappa shape index (κ1) is 16.1. The molecule has 2 atom stereocenters. The summed E-state index contributed by atoms with van der Waals surface area (Å²) in [5, 5.41) is 12.0. The number of aliphatic carboxylic acids is 1. The van der Waals surface area contributed by atoms with E-state index in [1.165, 1.54) is 19.3 Å². The summed E-state index contributed by atoms with van der Waals surface area (Å²) < 4.78 is 0. The summed E-state index contributed by atoms with van der Waals surface area (Å²) in [5.41, 5.74) is 0. The molecule has 2 aliphatic rings. The van der Waals surface area contributed by atoms with E-state index >= 15 is 0 Å². The van der Waals surface area contributed by atoms with Crippen molar-refractivity contribution in [3.8, 4) is 0 Å². The van der Waals surface area contributed by atoms with Crippen molar-refractivity contribution < 1.29 is 14.7 Å². The number of amides is 1. The Bertz CT molecular complexity index is 397. The maximum Gasteiger partial charge on any atom is 0.310 e. The van der Waals surface area contributed by atoms with Crippen LogP contribution in [0.3, 0.4) is 0 Å². The van der Waals surface area contributed by atoms with Crippen LogP contribution in [0, 0.1) is 17.8 Å². The summed E-state index contributed by atoms with van der Waals surface area (Å²) in [6.45, 7) is 2.22.